The van der Waals surface area contributed by atoms with Crippen molar-refractivity contribution >= 4 is 22.3 Å². The van der Waals surface area contributed by atoms with Crippen LogP contribution in [0.4, 0.5) is 0 Å². The standard InChI is InChI=1S/C15H21N3O2S/c1-3-6-17(8-14(19)20)7-12-10(2)16-15-18(12)13(9-21-15)11-4-5-11/h9,11H,3-8H2,1-2H3,(H,19,20). The summed E-state index contributed by atoms with van der Waals surface area (Å²) in [4.78, 5) is 18.7. The van der Waals surface area contributed by atoms with Gasteiger partial charge in [-0.25, -0.2) is 4.98 Å². The Labute approximate surface area is 128 Å². The van der Waals surface area contributed by atoms with Crippen LogP contribution >= 0.6 is 11.3 Å². The van der Waals surface area contributed by atoms with Crippen LogP contribution in [-0.2, 0) is 11.3 Å². The van der Waals surface area contributed by atoms with E-state index < -0.39 is 5.97 Å². The number of hydrogen-bond acceptors (Lipinski definition) is 4. The van der Waals surface area contributed by atoms with Crippen LogP contribution in [0.5, 0.6) is 0 Å². The van der Waals surface area contributed by atoms with Crippen LogP contribution in [-0.4, -0.2) is 38.4 Å². The summed E-state index contributed by atoms with van der Waals surface area (Å²) in [5, 5.41) is 11.3. The predicted molar refractivity (Wildman–Crippen MR) is 83.0 cm³/mol. The summed E-state index contributed by atoms with van der Waals surface area (Å²) < 4.78 is 2.27. The number of rotatable bonds is 7. The number of thiazole rings is 1. The van der Waals surface area contributed by atoms with Gasteiger partial charge in [0.25, 0.3) is 0 Å². The van der Waals surface area contributed by atoms with Crippen molar-refractivity contribution in [3.63, 3.8) is 0 Å². The maximum Gasteiger partial charge on any atom is 0.317 e. The van der Waals surface area contributed by atoms with Crippen molar-refractivity contribution in [1.82, 2.24) is 14.3 Å². The molecule has 1 N–H and O–H groups in total. The SMILES string of the molecule is CCCN(CC(=O)O)Cc1c(C)nc2scc(C3CC3)n12. The van der Waals surface area contributed by atoms with Crippen molar-refractivity contribution < 1.29 is 9.90 Å². The molecule has 0 unspecified atom stereocenters. The third kappa shape index (κ3) is 2.96. The van der Waals surface area contributed by atoms with E-state index in [1.54, 1.807) is 11.3 Å². The summed E-state index contributed by atoms with van der Waals surface area (Å²) in [5.41, 5.74) is 3.54. The van der Waals surface area contributed by atoms with Crippen LogP contribution in [0.2, 0.25) is 0 Å². The molecule has 1 aliphatic rings. The number of carbonyl (C=O) groups is 1. The Morgan fingerprint density at radius 2 is 2.33 bits per heavy atom. The van der Waals surface area contributed by atoms with E-state index in [1.807, 2.05) is 11.8 Å². The Morgan fingerprint density at radius 3 is 2.95 bits per heavy atom. The molecular formula is C15H21N3O2S. The Morgan fingerprint density at radius 1 is 1.57 bits per heavy atom. The molecule has 6 heteroatoms. The summed E-state index contributed by atoms with van der Waals surface area (Å²) in [5.74, 6) is -0.0974. The molecule has 0 saturated heterocycles. The van der Waals surface area contributed by atoms with Gasteiger partial charge in [0, 0.05) is 23.5 Å². The zero-order valence-electron chi connectivity index (χ0n) is 12.5. The molecule has 2 aromatic heterocycles. The minimum Gasteiger partial charge on any atom is -0.480 e. The topological polar surface area (TPSA) is 57.8 Å². The van der Waals surface area contributed by atoms with Crippen LogP contribution in [0.1, 0.15) is 49.2 Å². The van der Waals surface area contributed by atoms with Crippen LogP contribution in [0.25, 0.3) is 4.96 Å². The number of nitrogens with zero attached hydrogens (tertiary/aromatic N) is 3. The van der Waals surface area contributed by atoms with E-state index in [0.29, 0.717) is 12.5 Å². The molecular weight excluding hydrogens is 286 g/mol. The zero-order valence-corrected chi connectivity index (χ0v) is 13.3. The molecule has 114 valence electrons. The average molecular weight is 307 g/mol. The van der Waals surface area contributed by atoms with Gasteiger partial charge < -0.3 is 5.11 Å². The van der Waals surface area contributed by atoms with Gasteiger partial charge in [-0.3, -0.25) is 14.1 Å². The highest BCUT2D eigenvalue weighted by Crippen LogP contribution is 2.42. The highest BCUT2D eigenvalue weighted by Gasteiger charge is 2.29. The molecule has 5 nitrogen and oxygen atoms in total. The Balaban J connectivity index is 1.92. The fourth-order valence-corrected chi connectivity index (χ4v) is 3.86. The number of carboxylic acids is 1. The number of aryl methyl sites for hydroxylation is 1. The molecule has 0 bridgehead atoms. The number of fused-ring (bicyclic) bond motifs is 1. The minimum atomic E-state index is -0.769. The first-order valence-electron chi connectivity index (χ1n) is 7.49. The molecule has 0 amide bonds. The fourth-order valence-electron chi connectivity index (χ4n) is 2.82. The summed E-state index contributed by atoms with van der Waals surface area (Å²) in [7, 11) is 0. The molecule has 1 fully saturated rings. The van der Waals surface area contributed by atoms with Gasteiger partial charge >= 0.3 is 5.97 Å². The summed E-state index contributed by atoms with van der Waals surface area (Å²) >= 11 is 1.69. The van der Waals surface area contributed by atoms with E-state index in [9.17, 15) is 4.79 Å². The maximum atomic E-state index is 11.0. The summed E-state index contributed by atoms with van der Waals surface area (Å²) in [6, 6.07) is 0. The molecule has 2 aromatic rings. The quantitative estimate of drug-likeness (QED) is 0.854. The third-order valence-electron chi connectivity index (χ3n) is 3.95. The van der Waals surface area contributed by atoms with Crippen molar-refractivity contribution in [3.8, 4) is 0 Å². The first kappa shape index (κ1) is 14.5. The van der Waals surface area contributed by atoms with Crippen LogP contribution in [0, 0.1) is 6.92 Å². The van der Waals surface area contributed by atoms with Crippen LogP contribution in [0.15, 0.2) is 5.38 Å². The van der Waals surface area contributed by atoms with Gasteiger partial charge in [0.1, 0.15) is 0 Å². The molecule has 2 heterocycles. The van der Waals surface area contributed by atoms with Gasteiger partial charge in [0.2, 0.25) is 0 Å². The summed E-state index contributed by atoms with van der Waals surface area (Å²) in [6.07, 6.45) is 3.47. The Bertz CT molecular complexity index is 657. The molecule has 0 spiro atoms. The zero-order chi connectivity index (χ0) is 15.0. The predicted octanol–water partition coefficient (Wildman–Crippen LogP) is 2.88. The Kier molecular flexibility index (Phi) is 3.99. The Hall–Kier alpha value is -1.40. The van der Waals surface area contributed by atoms with E-state index >= 15 is 0 Å². The second-order valence-electron chi connectivity index (χ2n) is 5.80. The molecule has 21 heavy (non-hydrogen) atoms. The van der Waals surface area contributed by atoms with Crippen molar-refractivity contribution in [2.45, 2.75) is 45.6 Å². The molecule has 0 radical (unpaired) electrons. The van der Waals surface area contributed by atoms with Gasteiger partial charge in [0.15, 0.2) is 4.96 Å². The molecule has 0 aromatic carbocycles. The number of aliphatic carboxylic acids is 1. The first-order valence-corrected chi connectivity index (χ1v) is 8.37. The first-order chi connectivity index (χ1) is 10.1. The van der Waals surface area contributed by atoms with Gasteiger partial charge in [-0.1, -0.05) is 6.92 Å². The molecule has 3 rings (SSSR count). The normalized spacial score (nSPS) is 15.2. The number of carboxylic acid groups (broad SMARTS) is 1. The van der Waals surface area contributed by atoms with Crippen molar-refractivity contribution in [2.75, 3.05) is 13.1 Å². The lowest BCUT2D eigenvalue weighted by Crippen LogP contribution is -2.30. The van der Waals surface area contributed by atoms with E-state index in [0.717, 1.165) is 29.3 Å². The number of imidazole rings is 1. The van der Waals surface area contributed by atoms with E-state index in [-0.39, 0.29) is 6.54 Å². The lowest BCUT2D eigenvalue weighted by molar-refractivity contribution is -0.138. The number of hydrogen-bond donors (Lipinski definition) is 1. The number of aromatic nitrogens is 2. The van der Waals surface area contributed by atoms with Crippen molar-refractivity contribution in [3.05, 3.63) is 22.5 Å². The van der Waals surface area contributed by atoms with Crippen LogP contribution < -0.4 is 0 Å². The lowest BCUT2D eigenvalue weighted by atomic mass is 10.2. The molecule has 1 saturated carbocycles. The van der Waals surface area contributed by atoms with E-state index in [1.165, 1.54) is 18.5 Å². The fraction of sp³-hybridized carbons (Fsp3) is 0.600. The third-order valence-corrected chi connectivity index (χ3v) is 4.80. The molecule has 0 aliphatic heterocycles. The van der Waals surface area contributed by atoms with Gasteiger partial charge in [-0.15, -0.1) is 11.3 Å². The smallest absolute Gasteiger partial charge is 0.317 e. The highest BCUT2D eigenvalue weighted by atomic mass is 32.1. The van der Waals surface area contributed by atoms with Crippen molar-refractivity contribution in [1.29, 1.82) is 0 Å². The van der Waals surface area contributed by atoms with Crippen LogP contribution in [0.3, 0.4) is 0 Å². The minimum absolute atomic E-state index is 0.0867. The second-order valence-corrected chi connectivity index (χ2v) is 6.64. The lowest BCUT2D eigenvalue weighted by Gasteiger charge is -2.19. The van der Waals surface area contributed by atoms with E-state index in [2.05, 4.69) is 21.7 Å². The van der Waals surface area contributed by atoms with Gasteiger partial charge in [-0.05, 0) is 32.7 Å². The monoisotopic (exact) mass is 307 g/mol. The van der Waals surface area contributed by atoms with E-state index in [4.69, 9.17) is 5.11 Å². The van der Waals surface area contributed by atoms with Gasteiger partial charge in [0.05, 0.1) is 17.9 Å². The maximum absolute atomic E-state index is 11.0. The summed E-state index contributed by atoms with van der Waals surface area (Å²) in [6.45, 7) is 5.64. The molecule has 0 atom stereocenters. The second kappa shape index (κ2) is 5.77. The average Bonchev–Trinajstić information content (AvgIpc) is 3.10. The largest absolute Gasteiger partial charge is 0.480 e. The van der Waals surface area contributed by atoms with Crippen molar-refractivity contribution in [2.24, 2.45) is 0 Å². The van der Waals surface area contributed by atoms with Gasteiger partial charge in [-0.2, -0.15) is 0 Å². The molecule has 1 aliphatic carbocycles. The highest BCUT2D eigenvalue weighted by molar-refractivity contribution is 7.15.